The zero-order valence-electron chi connectivity index (χ0n) is 11.6. The van der Waals surface area contributed by atoms with Crippen molar-refractivity contribution in [2.24, 2.45) is 0 Å². The lowest BCUT2D eigenvalue weighted by molar-refractivity contribution is 0.792. The Hall–Kier alpha value is -1.88. The second-order valence-electron chi connectivity index (χ2n) is 4.50. The molecule has 0 aliphatic carbocycles. The highest BCUT2D eigenvalue weighted by Gasteiger charge is 2.10. The molecule has 0 fully saturated rings. The normalized spacial score (nSPS) is 10.2. The van der Waals surface area contributed by atoms with Crippen LogP contribution in [0.25, 0.3) is 10.9 Å². The van der Waals surface area contributed by atoms with Crippen molar-refractivity contribution in [3.8, 4) is 12.0 Å². The van der Waals surface area contributed by atoms with Crippen LogP contribution < -0.4 is 5.32 Å². The summed E-state index contributed by atoms with van der Waals surface area (Å²) in [6.07, 6.45) is 3.22. The molecule has 2 heteroatoms. The van der Waals surface area contributed by atoms with Gasteiger partial charge >= 0.3 is 0 Å². The second kappa shape index (κ2) is 5.18. The van der Waals surface area contributed by atoms with Gasteiger partial charge < -0.3 is 9.88 Å². The molecule has 2 aromatic rings. The maximum absolute atomic E-state index is 3.19. The zero-order valence-corrected chi connectivity index (χ0v) is 11.6. The predicted octanol–water partition coefficient (Wildman–Crippen LogP) is 3.06. The van der Waals surface area contributed by atoms with Crippen LogP contribution in [0.5, 0.6) is 0 Å². The highest BCUT2D eigenvalue weighted by molar-refractivity contribution is 5.90. The lowest BCUT2D eigenvalue weighted by Gasteiger charge is -2.07. The van der Waals surface area contributed by atoms with Crippen molar-refractivity contribution in [2.45, 2.75) is 33.7 Å². The minimum atomic E-state index is 0.980. The molecule has 0 atom stereocenters. The van der Waals surface area contributed by atoms with Gasteiger partial charge in [0, 0.05) is 31.2 Å². The van der Waals surface area contributed by atoms with E-state index in [1.54, 1.807) is 0 Å². The summed E-state index contributed by atoms with van der Waals surface area (Å²) in [4.78, 5) is 0. The standard InChI is InChI=1S/C16H20N2/c1-5-13-9-12(3)10-15-14(7-8-17-4)11-18(6-2)16(13)15/h9-11,17H,5-6H2,1-4H3. The number of benzene rings is 1. The fourth-order valence-electron chi connectivity index (χ4n) is 2.44. The number of fused-ring (bicyclic) bond motifs is 1. The molecule has 18 heavy (non-hydrogen) atoms. The summed E-state index contributed by atoms with van der Waals surface area (Å²) in [7, 11) is 1.84. The molecule has 1 aromatic carbocycles. The molecule has 0 radical (unpaired) electrons. The number of aromatic nitrogens is 1. The molecule has 0 bridgehead atoms. The molecule has 2 rings (SSSR count). The smallest absolute Gasteiger partial charge is 0.0525 e. The van der Waals surface area contributed by atoms with E-state index in [9.17, 15) is 0 Å². The Bertz CT molecular complexity index is 624. The first-order chi connectivity index (χ1) is 8.71. The minimum Gasteiger partial charge on any atom is -0.349 e. The van der Waals surface area contributed by atoms with Crippen molar-refractivity contribution in [1.29, 1.82) is 0 Å². The van der Waals surface area contributed by atoms with Crippen molar-refractivity contribution in [3.63, 3.8) is 0 Å². The number of hydrogen-bond donors (Lipinski definition) is 1. The zero-order chi connectivity index (χ0) is 13.1. The van der Waals surface area contributed by atoms with Gasteiger partial charge in [-0.2, -0.15) is 0 Å². The van der Waals surface area contributed by atoms with E-state index in [2.05, 4.69) is 60.9 Å². The predicted molar refractivity (Wildman–Crippen MR) is 77.7 cm³/mol. The first kappa shape index (κ1) is 12.6. The van der Waals surface area contributed by atoms with Crippen LogP contribution in [-0.4, -0.2) is 11.6 Å². The third-order valence-corrected chi connectivity index (χ3v) is 3.24. The number of rotatable bonds is 2. The van der Waals surface area contributed by atoms with Crippen LogP contribution in [0.3, 0.4) is 0 Å². The van der Waals surface area contributed by atoms with Crippen LogP contribution in [-0.2, 0) is 13.0 Å². The van der Waals surface area contributed by atoms with Crippen molar-refractivity contribution in [3.05, 3.63) is 35.0 Å². The SMILES string of the molecule is CCc1cc(C)cc2c(C#CNC)cn(CC)c12. The van der Waals surface area contributed by atoms with Crippen LogP contribution in [0.15, 0.2) is 18.3 Å². The van der Waals surface area contributed by atoms with Crippen LogP contribution >= 0.6 is 0 Å². The van der Waals surface area contributed by atoms with E-state index in [4.69, 9.17) is 0 Å². The van der Waals surface area contributed by atoms with Crippen molar-refractivity contribution in [2.75, 3.05) is 7.05 Å². The third kappa shape index (κ3) is 2.09. The number of aryl methyl sites for hydroxylation is 3. The fraction of sp³-hybridized carbons (Fsp3) is 0.375. The van der Waals surface area contributed by atoms with E-state index >= 15 is 0 Å². The molecule has 0 unspecified atom stereocenters. The van der Waals surface area contributed by atoms with Gasteiger partial charge in [0.2, 0.25) is 0 Å². The van der Waals surface area contributed by atoms with Crippen LogP contribution in [0.2, 0.25) is 0 Å². The van der Waals surface area contributed by atoms with Gasteiger partial charge in [-0.15, -0.1) is 0 Å². The van der Waals surface area contributed by atoms with Crippen molar-refractivity contribution in [1.82, 2.24) is 9.88 Å². The highest BCUT2D eigenvalue weighted by atomic mass is 14.9. The number of nitrogens with zero attached hydrogens (tertiary/aromatic N) is 1. The summed E-state index contributed by atoms with van der Waals surface area (Å²) in [5.74, 6) is 3.19. The second-order valence-corrected chi connectivity index (χ2v) is 4.50. The summed E-state index contributed by atoms with van der Waals surface area (Å²) in [5.41, 5.74) is 5.16. The summed E-state index contributed by atoms with van der Waals surface area (Å²) < 4.78 is 2.30. The first-order valence-electron chi connectivity index (χ1n) is 6.51. The minimum absolute atomic E-state index is 0.980. The quantitative estimate of drug-likeness (QED) is 0.630. The molecule has 0 saturated heterocycles. The van der Waals surface area contributed by atoms with Crippen LogP contribution in [0.1, 0.15) is 30.5 Å². The van der Waals surface area contributed by atoms with E-state index in [1.807, 2.05) is 7.05 Å². The third-order valence-electron chi connectivity index (χ3n) is 3.24. The largest absolute Gasteiger partial charge is 0.349 e. The first-order valence-corrected chi connectivity index (χ1v) is 6.51. The summed E-state index contributed by atoms with van der Waals surface area (Å²) in [6, 6.07) is 7.46. The average molecular weight is 240 g/mol. The lowest BCUT2D eigenvalue weighted by Crippen LogP contribution is -1.95. The molecule has 2 nitrogen and oxygen atoms in total. The Morgan fingerprint density at radius 1 is 1.28 bits per heavy atom. The maximum Gasteiger partial charge on any atom is 0.0525 e. The fourth-order valence-corrected chi connectivity index (χ4v) is 2.44. The van der Waals surface area contributed by atoms with Gasteiger partial charge in [-0.3, -0.25) is 0 Å². The molecule has 0 aliphatic heterocycles. The Labute approximate surface area is 109 Å². The van der Waals surface area contributed by atoms with E-state index in [0.717, 1.165) is 18.5 Å². The van der Waals surface area contributed by atoms with E-state index in [0.29, 0.717) is 0 Å². The van der Waals surface area contributed by atoms with Crippen molar-refractivity contribution < 1.29 is 0 Å². The van der Waals surface area contributed by atoms with Gasteiger partial charge in [0.15, 0.2) is 0 Å². The van der Waals surface area contributed by atoms with E-state index in [1.165, 1.54) is 22.0 Å². The average Bonchev–Trinajstić information content (AvgIpc) is 2.73. The van der Waals surface area contributed by atoms with Gasteiger partial charge in [-0.05, 0) is 37.8 Å². The molecule has 1 N–H and O–H groups in total. The Morgan fingerprint density at radius 3 is 2.67 bits per heavy atom. The molecule has 0 aliphatic rings. The van der Waals surface area contributed by atoms with Crippen LogP contribution in [0.4, 0.5) is 0 Å². The maximum atomic E-state index is 3.19. The van der Waals surface area contributed by atoms with Gasteiger partial charge in [0.05, 0.1) is 11.1 Å². The molecule has 0 spiro atoms. The van der Waals surface area contributed by atoms with Gasteiger partial charge in [0.1, 0.15) is 0 Å². The van der Waals surface area contributed by atoms with Crippen molar-refractivity contribution >= 4 is 10.9 Å². The topological polar surface area (TPSA) is 17.0 Å². The van der Waals surface area contributed by atoms with E-state index < -0.39 is 0 Å². The van der Waals surface area contributed by atoms with Crippen LogP contribution in [0, 0.1) is 18.9 Å². The monoisotopic (exact) mass is 240 g/mol. The Kier molecular flexibility index (Phi) is 3.62. The van der Waals surface area contributed by atoms with E-state index in [-0.39, 0.29) is 0 Å². The molecule has 0 saturated carbocycles. The summed E-state index contributed by atoms with van der Waals surface area (Å²) in [5, 5.41) is 4.16. The molecule has 0 amide bonds. The summed E-state index contributed by atoms with van der Waals surface area (Å²) in [6.45, 7) is 7.51. The number of nitrogens with one attached hydrogen (secondary N) is 1. The molecule has 94 valence electrons. The van der Waals surface area contributed by atoms with Gasteiger partial charge in [0.25, 0.3) is 0 Å². The Balaban J connectivity index is 2.78. The van der Waals surface area contributed by atoms with Gasteiger partial charge in [-0.25, -0.2) is 0 Å². The van der Waals surface area contributed by atoms with Gasteiger partial charge in [-0.1, -0.05) is 18.6 Å². The highest BCUT2D eigenvalue weighted by Crippen LogP contribution is 2.26. The molecule has 1 aromatic heterocycles. The summed E-state index contributed by atoms with van der Waals surface area (Å²) >= 11 is 0. The molecular formula is C16H20N2. The molecule has 1 heterocycles. The number of hydrogen-bond acceptors (Lipinski definition) is 1. The lowest BCUT2D eigenvalue weighted by atomic mass is 10.0. The molecular weight excluding hydrogens is 220 g/mol. The Morgan fingerprint density at radius 2 is 2.06 bits per heavy atom.